The minimum atomic E-state index is -0.840. The summed E-state index contributed by atoms with van der Waals surface area (Å²) in [6.45, 7) is 3.54. The first kappa shape index (κ1) is 15.3. The first-order chi connectivity index (χ1) is 9.66. The van der Waals surface area contributed by atoms with Gasteiger partial charge in [-0.05, 0) is 31.6 Å². The lowest BCUT2D eigenvalue weighted by molar-refractivity contribution is -0.141. The Bertz CT molecular complexity index is 342. The van der Waals surface area contributed by atoms with E-state index in [-0.39, 0.29) is 18.4 Å². The van der Waals surface area contributed by atoms with Gasteiger partial charge in [-0.15, -0.1) is 0 Å². The van der Waals surface area contributed by atoms with Crippen molar-refractivity contribution >= 4 is 11.9 Å². The van der Waals surface area contributed by atoms with E-state index in [1.54, 1.807) is 0 Å². The molecule has 2 N–H and O–H groups in total. The van der Waals surface area contributed by atoms with E-state index in [1.165, 1.54) is 0 Å². The van der Waals surface area contributed by atoms with Gasteiger partial charge in [0.2, 0.25) is 5.91 Å². The standard InChI is InChI=1S/C14H24N2O4/c17-13(18)8-15-7-11-3-1-5-16(9-11)14(19)12-4-2-6-20-10-12/h11-12,15H,1-10H2,(H,17,18). The number of carbonyl (C=O) groups is 2. The summed E-state index contributed by atoms with van der Waals surface area (Å²) in [5.41, 5.74) is 0. The number of hydrogen-bond acceptors (Lipinski definition) is 4. The highest BCUT2D eigenvalue weighted by Gasteiger charge is 2.30. The van der Waals surface area contributed by atoms with E-state index in [0.29, 0.717) is 19.1 Å². The fourth-order valence-corrected chi connectivity index (χ4v) is 3.01. The lowest BCUT2D eigenvalue weighted by atomic mass is 9.94. The fourth-order valence-electron chi connectivity index (χ4n) is 3.01. The topological polar surface area (TPSA) is 78.9 Å². The van der Waals surface area contributed by atoms with Crippen molar-refractivity contribution in [3.63, 3.8) is 0 Å². The predicted octanol–water partition coefficient (Wildman–Crippen LogP) is 0.326. The number of carbonyl (C=O) groups excluding carboxylic acids is 1. The molecule has 0 aromatic heterocycles. The minimum absolute atomic E-state index is 0.0130. The lowest BCUT2D eigenvalue weighted by Gasteiger charge is -2.35. The van der Waals surface area contributed by atoms with E-state index in [0.717, 1.165) is 45.4 Å². The minimum Gasteiger partial charge on any atom is -0.480 e. The molecule has 0 spiro atoms. The Labute approximate surface area is 119 Å². The summed E-state index contributed by atoms with van der Waals surface area (Å²) >= 11 is 0. The van der Waals surface area contributed by atoms with Crippen LogP contribution in [0.3, 0.4) is 0 Å². The smallest absolute Gasteiger partial charge is 0.317 e. The molecule has 2 rings (SSSR count). The number of aliphatic carboxylic acids is 1. The second-order valence-electron chi connectivity index (χ2n) is 5.73. The fraction of sp³-hybridized carbons (Fsp3) is 0.857. The third-order valence-electron chi connectivity index (χ3n) is 4.05. The summed E-state index contributed by atoms with van der Waals surface area (Å²) < 4.78 is 5.39. The molecule has 2 unspecified atom stereocenters. The third-order valence-corrected chi connectivity index (χ3v) is 4.05. The van der Waals surface area contributed by atoms with Crippen LogP contribution in [0.5, 0.6) is 0 Å². The Morgan fingerprint density at radius 3 is 2.85 bits per heavy atom. The van der Waals surface area contributed by atoms with Crippen LogP contribution in [0.15, 0.2) is 0 Å². The van der Waals surface area contributed by atoms with Gasteiger partial charge in [0.25, 0.3) is 0 Å². The van der Waals surface area contributed by atoms with E-state index in [2.05, 4.69) is 5.32 Å². The molecule has 0 saturated carbocycles. The molecule has 2 heterocycles. The Hall–Kier alpha value is -1.14. The quantitative estimate of drug-likeness (QED) is 0.760. The maximum atomic E-state index is 12.4. The zero-order valence-electron chi connectivity index (χ0n) is 11.8. The average molecular weight is 284 g/mol. The van der Waals surface area contributed by atoms with Gasteiger partial charge in [-0.25, -0.2) is 0 Å². The Morgan fingerprint density at radius 1 is 1.30 bits per heavy atom. The van der Waals surface area contributed by atoms with Crippen molar-refractivity contribution in [3.05, 3.63) is 0 Å². The molecule has 2 atom stereocenters. The van der Waals surface area contributed by atoms with Crippen LogP contribution >= 0.6 is 0 Å². The number of likely N-dealkylation sites (tertiary alicyclic amines) is 1. The molecule has 2 aliphatic rings. The highest BCUT2D eigenvalue weighted by Crippen LogP contribution is 2.21. The number of ether oxygens (including phenoxy) is 1. The molecule has 0 bridgehead atoms. The van der Waals surface area contributed by atoms with Gasteiger partial charge in [-0.2, -0.15) is 0 Å². The molecule has 6 nitrogen and oxygen atoms in total. The predicted molar refractivity (Wildman–Crippen MR) is 73.4 cm³/mol. The number of nitrogens with zero attached hydrogens (tertiary/aromatic N) is 1. The molecule has 1 amide bonds. The van der Waals surface area contributed by atoms with Crippen molar-refractivity contribution in [2.24, 2.45) is 11.8 Å². The van der Waals surface area contributed by atoms with Crippen molar-refractivity contribution in [2.75, 3.05) is 39.4 Å². The second kappa shape index (κ2) is 7.59. The van der Waals surface area contributed by atoms with Gasteiger partial charge in [0.15, 0.2) is 0 Å². The molecular weight excluding hydrogens is 260 g/mol. The van der Waals surface area contributed by atoms with Gasteiger partial charge in [0, 0.05) is 26.2 Å². The maximum Gasteiger partial charge on any atom is 0.317 e. The largest absolute Gasteiger partial charge is 0.480 e. The van der Waals surface area contributed by atoms with Crippen molar-refractivity contribution in [2.45, 2.75) is 25.7 Å². The summed E-state index contributed by atoms with van der Waals surface area (Å²) in [6.07, 6.45) is 3.95. The monoisotopic (exact) mass is 284 g/mol. The normalized spacial score (nSPS) is 27.3. The number of piperidine rings is 1. The number of amides is 1. The Morgan fingerprint density at radius 2 is 2.15 bits per heavy atom. The van der Waals surface area contributed by atoms with Crippen LogP contribution in [0, 0.1) is 11.8 Å². The zero-order chi connectivity index (χ0) is 14.4. The molecule has 0 aliphatic carbocycles. The molecule has 2 fully saturated rings. The first-order valence-corrected chi connectivity index (χ1v) is 7.46. The van der Waals surface area contributed by atoms with Crippen molar-refractivity contribution in [3.8, 4) is 0 Å². The molecule has 2 aliphatic heterocycles. The van der Waals surface area contributed by atoms with Crippen molar-refractivity contribution < 1.29 is 19.4 Å². The summed E-state index contributed by atoms with van der Waals surface area (Å²) in [5.74, 6) is -0.244. The number of nitrogens with one attached hydrogen (secondary N) is 1. The van der Waals surface area contributed by atoms with Gasteiger partial charge < -0.3 is 20.1 Å². The van der Waals surface area contributed by atoms with E-state index >= 15 is 0 Å². The van der Waals surface area contributed by atoms with Gasteiger partial charge in [0.05, 0.1) is 19.1 Å². The van der Waals surface area contributed by atoms with Crippen LogP contribution in [-0.4, -0.2) is 61.3 Å². The van der Waals surface area contributed by atoms with Crippen LogP contribution in [0.4, 0.5) is 0 Å². The molecule has 0 aromatic carbocycles. The Balaban J connectivity index is 1.77. The van der Waals surface area contributed by atoms with E-state index < -0.39 is 5.97 Å². The van der Waals surface area contributed by atoms with E-state index in [1.807, 2.05) is 4.90 Å². The zero-order valence-corrected chi connectivity index (χ0v) is 11.8. The highest BCUT2D eigenvalue weighted by atomic mass is 16.5. The lowest BCUT2D eigenvalue weighted by Crippen LogP contribution is -2.47. The summed E-state index contributed by atoms with van der Waals surface area (Å²) in [6, 6.07) is 0. The molecule has 2 saturated heterocycles. The van der Waals surface area contributed by atoms with Gasteiger partial charge in [-0.1, -0.05) is 0 Å². The molecule has 114 valence electrons. The van der Waals surface area contributed by atoms with Crippen LogP contribution in [0.1, 0.15) is 25.7 Å². The maximum absolute atomic E-state index is 12.4. The molecular formula is C14H24N2O4. The number of rotatable bonds is 5. The summed E-state index contributed by atoms with van der Waals surface area (Å²) in [5, 5.41) is 11.5. The molecule has 0 radical (unpaired) electrons. The van der Waals surface area contributed by atoms with E-state index in [9.17, 15) is 9.59 Å². The van der Waals surface area contributed by atoms with Crippen LogP contribution in [0.25, 0.3) is 0 Å². The highest BCUT2D eigenvalue weighted by molar-refractivity contribution is 5.79. The summed E-state index contributed by atoms with van der Waals surface area (Å²) in [4.78, 5) is 24.8. The second-order valence-corrected chi connectivity index (χ2v) is 5.73. The number of carboxylic acid groups (broad SMARTS) is 1. The van der Waals surface area contributed by atoms with Gasteiger partial charge in [-0.3, -0.25) is 9.59 Å². The average Bonchev–Trinajstić information content (AvgIpc) is 2.47. The van der Waals surface area contributed by atoms with Crippen molar-refractivity contribution in [1.29, 1.82) is 0 Å². The van der Waals surface area contributed by atoms with Gasteiger partial charge in [0.1, 0.15) is 0 Å². The van der Waals surface area contributed by atoms with Crippen LogP contribution < -0.4 is 5.32 Å². The number of hydrogen-bond donors (Lipinski definition) is 2. The van der Waals surface area contributed by atoms with Crippen LogP contribution in [0.2, 0.25) is 0 Å². The third kappa shape index (κ3) is 4.45. The van der Waals surface area contributed by atoms with Crippen molar-refractivity contribution in [1.82, 2.24) is 10.2 Å². The summed E-state index contributed by atoms with van der Waals surface area (Å²) in [7, 11) is 0. The molecule has 20 heavy (non-hydrogen) atoms. The van der Waals surface area contributed by atoms with E-state index in [4.69, 9.17) is 9.84 Å². The molecule has 6 heteroatoms. The number of carboxylic acids is 1. The van der Waals surface area contributed by atoms with Gasteiger partial charge >= 0.3 is 5.97 Å². The van der Waals surface area contributed by atoms with Crippen LogP contribution in [-0.2, 0) is 14.3 Å². The first-order valence-electron chi connectivity index (χ1n) is 7.46. The Kier molecular flexibility index (Phi) is 5.79. The molecule has 0 aromatic rings. The SMILES string of the molecule is O=C(O)CNCC1CCCN(C(=O)C2CCCOC2)C1.